The summed E-state index contributed by atoms with van der Waals surface area (Å²) in [6, 6.07) is 1.99. The highest BCUT2D eigenvalue weighted by Crippen LogP contribution is 2.25. The first-order valence-electron chi connectivity index (χ1n) is 6.53. The van der Waals surface area contributed by atoms with Gasteiger partial charge in [0.2, 0.25) is 0 Å². The summed E-state index contributed by atoms with van der Waals surface area (Å²) < 4.78 is 0. The number of hydrogen-bond acceptors (Lipinski definition) is 3. The third kappa shape index (κ3) is 2.75. The van der Waals surface area contributed by atoms with E-state index in [9.17, 15) is 9.90 Å². The molecule has 1 aromatic rings. The highest BCUT2D eigenvalue weighted by atomic mass is 32.1. The largest absolute Gasteiger partial charge is 0.393 e. The van der Waals surface area contributed by atoms with Crippen molar-refractivity contribution >= 4 is 17.2 Å². The van der Waals surface area contributed by atoms with Crippen molar-refractivity contribution in [1.29, 1.82) is 0 Å². The second kappa shape index (κ2) is 5.41. The zero-order valence-electron chi connectivity index (χ0n) is 11.3. The summed E-state index contributed by atoms with van der Waals surface area (Å²) >= 11 is 1.58. The minimum Gasteiger partial charge on any atom is -0.393 e. The molecule has 4 heteroatoms. The first-order chi connectivity index (χ1) is 8.49. The van der Waals surface area contributed by atoms with E-state index >= 15 is 0 Å². The quantitative estimate of drug-likeness (QED) is 0.894. The van der Waals surface area contributed by atoms with Gasteiger partial charge in [-0.2, -0.15) is 0 Å². The molecule has 1 unspecified atom stereocenters. The minimum atomic E-state index is -0.256. The molecule has 0 spiro atoms. The number of hydrogen-bond donors (Lipinski definition) is 1. The number of thiophene rings is 1. The van der Waals surface area contributed by atoms with Crippen molar-refractivity contribution in [2.45, 2.75) is 39.7 Å². The number of carbonyl (C=O) groups excluding carboxylic acids is 1. The summed E-state index contributed by atoms with van der Waals surface area (Å²) in [6.45, 7) is 7.47. The van der Waals surface area contributed by atoms with E-state index in [1.54, 1.807) is 11.3 Å². The van der Waals surface area contributed by atoms with Gasteiger partial charge in [0.25, 0.3) is 5.91 Å². The smallest absolute Gasteiger partial charge is 0.263 e. The molecule has 1 atom stereocenters. The predicted molar refractivity (Wildman–Crippen MR) is 74.1 cm³/mol. The SMILES string of the molecule is Cc1cc(C(=O)N2CCC(C(C)O)CC2)sc1C. The first kappa shape index (κ1) is 13.6. The van der Waals surface area contributed by atoms with Crippen LogP contribution in [0.5, 0.6) is 0 Å². The maximum absolute atomic E-state index is 12.3. The van der Waals surface area contributed by atoms with Crippen molar-refractivity contribution in [3.8, 4) is 0 Å². The van der Waals surface area contributed by atoms with E-state index in [0.717, 1.165) is 30.8 Å². The molecule has 1 amide bonds. The highest BCUT2D eigenvalue weighted by Gasteiger charge is 2.26. The summed E-state index contributed by atoms with van der Waals surface area (Å²) in [4.78, 5) is 16.3. The lowest BCUT2D eigenvalue weighted by Crippen LogP contribution is -2.40. The second-order valence-corrected chi connectivity index (χ2v) is 6.48. The van der Waals surface area contributed by atoms with Gasteiger partial charge in [-0.1, -0.05) is 0 Å². The third-order valence-electron chi connectivity index (χ3n) is 3.89. The van der Waals surface area contributed by atoms with E-state index in [-0.39, 0.29) is 12.0 Å². The average Bonchev–Trinajstić information content (AvgIpc) is 2.69. The van der Waals surface area contributed by atoms with Crippen LogP contribution < -0.4 is 0 Å². The molecule has 0 aliphatic carbocycles. The van der Waals surface area contributed by atoms with Gasteiger partial charge in [-0.3, -0.25) is 4.79 Å². The maximum Gasteiger partial charge on any atom is 0.263 e. The lowest BCUT2D eigenvalue weighted by molar-refractivity contribution is 0.0525. The molecule has 0 saturated carbocycles. The molecule has 18 heavy (non-hydrogen) atoms. The van der Waals surface area contributed by atoms with Crippen molar-refractivity contribution in [3.05, 3.63) is 21.4 Å². The van der Waals surface area contributed by atoms with E-state index in [1.165, 1.54) is 10.4 Å². The second-order valence-electron chi connectivity index (χ2n) is 5.22. The molecule has 0 radical (unpaired) electrons. The Hall–Kier alpha value is -0.870. The van der Waals surface area contributed by atoms with Crippen molar-refractivity contribution in [1.82, 2.24) is 4.90 Å². The van der Waals surface area contributed by atoms with Crippen LogP contribution in [0.4, 0.5) is 0 Å². The molecule has 100 valence electrons. The molecule has 3 nitrogen and oxygen atoms in total. The number of likely N-dealkylation sites (tertiary alicyclic amines) is 1. The molecule has 1 saturated heterocycles. The molecular formula is C14H21NO2S. The summed E-state index contributed by atoms with van der Waals surface area (Å²) in [5.41, 5.74) is 1.20. The van der Waals surface area contributed by atoms with Crippen LogP contribution in [0, 0.1) is 19.8 Å². The van der Waals surface area contributed by atoms with E-state index in [0.29, 0.717) is 5.92 Å². The number of amides is 1. The number of aryl methyl sites for hydroxylation is 2. The molecule has 1 aromatic heterocycles. The number of piperidine rings is 1. The molecule has 1 fully saturated rings. The van der Waals surface area contributed by atoms with Crippen LogP contribution in [0.3, 0.4) is 0 Å². The van der Waals surface area contributed by atoms with Gasteiger partial charge >= 0.3 is 0 Å². The molecular weight excluding hydrogens is 246 g/mol. The number of carbonyl (C=O) groups is 1. The Morgan fingerprint density at radius 1 is 1.44 bits per heavy atom. The van der Waals surface area contributed by atoms with Crippen LogP contribution in [0.2, 0.25) is 0 Å². The topological polar surface area (TPSA) is 40.5 Å². The zero-order valence-corrected chi connectivity index (χ0v) is 12.1. The Morgan fingerprint density at radius 2 is 2.06 bits per heavy atom. The maximum atomic E-state index is 12.3. The van der Waals surface area contributed by atoms with Gasteiger partial charge in [0, 0.05) is 18.0 Å². The monoisotopic (exact) mass is 267 g/mol. The average molecular weight is 267 g/mol. The van der Waals surface area contributed by atoms with Gasteiger partial charge in [0.1, 0.15) is 0 Å². The van der Waals surface area contributed by atoms with Crippen LogP contribution in [-0.4, -0.2) is 35.1 Å². The standard InChI is InChI=1S/C14H21NO2S/c1-9-8-13(18-11(9)3)14(17)15-6-4-12(5-7-15)10(2)16/h8,10,12,16H,4-7H2,1-3H3. The molecule has 2 rings (SSSR count). The fourth-order valence-corrected chi connectivity index (χ4v) is 3.42. The number of nitrogens with zero attached hydrogens (tertiary/aromatic N) is 1. The van der Waals surface area contributed by atoms with Crippen molar-refractivity contribution in [2.75, 3.05) is 13.1 Å². The Kier molecular flexibility index (Phi) is 4.07. The first-order valence-corrected chi connectivity index (χ1v) is 7.35. The summed E-state index contributed by atoms with van der Waals surface area (Å²) in [6.07, 6.45) is 1.56. The number of aliphatic hydroxyl groups excluding tert-OH is 1. The van der Waals surface area contributed by atoms with Gasteiger partial charge in [-0.25, -0.2) is 0 Å². The lowest BCUT2D eigenvalue weighted by Gasteiger charge is -2.33. The Labute approximate surface area is 112 Å². The summed E-state index contributed by atoms with van der Waals surface area (Å²) in [7, 11) is 0. The molecule has 0 aromatic carbocycles. The van der Waals surface area contributed by atoms with E-state index < -0.39 is 0 Å². The molecule has 1 aliphatic heterocycles. The molecule has 2 heterocycles. The van der Waals surface area contributed by atoms with E-state index in [4.69, 9.17) is 0 Å². The van der Waals surface area contributed by atoms with Gasteiger partial charge in [-0.15, -0.1) is 11.3 Å². The minimum absolute atomic E-state index is 0.153. The van der Waals surface area contributed by atoms with Gasteiger partial charge in [0.05, 0.1) is 11.0 Å². The van der Waals surface area contributed by atoms with Crippen molar-refractivity contribution in [3.63, 3.8) is 0 Å². The Bertz CT molecular complexity index is 412. The van der Waals surface area contributed by atoms with Crippen molar-refractivity contribution in [2.24, 2.45) is 5.92 Å². The van der Waals surface area contributed by atoms with Gasteiger partial charge < -0.3 is 10.0 Å². The fourth-order valence-electron chi connectivity index (χ4n) is 2.42. The van der Waals surface area contributed by atoms with Crippen LogP contribution in [-0.2, 0) is 0 Å². The fraction of sp³-hybridized carbons (Fsp3) is 0.643. The lowest BCUT2D eigenvalue weighted by atomic mass is 9.92. The van der Waals surface area contributed by atoms with Crippen LogP contribution in [0.1, 0.15) is 39.9 Å². The van der Waals surface area contributed by atoms with Crippen molar-refractivity contribution < 1.29 is 9.90 Å². The van der Waals surface area contributed by atoms with Crippen LogP contribution in [0.25, 0.3) is 0 Å². The summed E-state index contributed by atoms with van der Waals surface area (Å²) in [5.74, 6) is 0.501. The number of rotatable bonds is 2. The molecule has 0 bridgehead atoms. The van der Waals surface area contributed by atoms with Crippen LogP contribution in [0.15, 0.2) is 6.07 Å². The van der Waals surface area contributed by atoms with E-state index in [1.807, 2.05) is 24.8 Å². The number of aliphatic hydroxyl groups is 1. The summed E-state index contributed by atoms with van der Waals surface area (Å²) in [5, 5.41) is 9.56. The van der Waals surface area contributed by atoms with Crippen LogP contribution >= 0.6 is 11.3 Å². The third-order valence-corrected chi connectivity index (χ3v) is 5.03. The molecule has 1 N–H and O–H groups in total. The predicted octanol–water partition coefficient (Wildman–Crippen LogP) is 2.60. The van der Waals surface area contributed by atoms with Gasteiger partial charge in [-0.05, 0) is 51.2 Å². The normalized spacial score (nSPS) is 19.0. The Balaban J connectivity index is 1.99. The Morgan fingerprint density at radius 3 is 2.50 bits per heavy atom. The highest BCUT2D eigenvalue weighted by molar-refractivity contribution is 7.14. The van der Waals surface area contributed by atoms with E-state index in [2.05, 4.69) is 6.92 Å². The molecule has 1 aliphatic rings. The zero-order chi connectivity index (χ0) is 13.3. The van der Waals surface area contributed by atoms with Gasteiger partial charge in [0.15, 0.2) is 0 Å².